The summed E-state index contributed by atoms with van der Waals surface area (Å²) >= 11 is 1.80. The highest BCUT2D eigenvalue weighted by atomic mass is 32.2. The number of carbonyl (C=O) groups is 1. The fraction of sp³-hybridized carbons (Fsp3) is 0.595. The highest BCUT2D eigenvalue weighted by Crippen LogP contribution is 2.35. The van der Waals surface area contributed by atoms with Crippen LogP contribution in [-0.2, 0) is 16.8 Å². The van der Waals surface area contributed by atoms with Crippen LogP contribution >= 0.6 is 11.8 Å². The Bertz CT molecular complexity index is 1140. The molecule has 238 valence electrons. The molecule has 0 saturated carbocycles. The minimum Gasteiger partial charge on any atom is -0.493 e. The molecule has 0 saturated heterocycles. The number of rotatable bonds is 20. The molecule has 3 rings (SSSR count). The molecule has 43 heavy (non-hydrogen) atoms. The molecule has 1 amide bonds. The summed E-state index contributed by atoms with van der Waals surface area (Å²) in [4.78, 5) is 15.2. The number of benzene rings is 2. The van der Waals surface area contributed by atoms with Crippen LogP contribution in [0.1, 0.15) is 123 Å². The zero-order valence-electron chi connectivity index (χ0n) is 27.5. The molecule has 0 aromatic heterocycles. The average molecular weight is 609 g/mol. The van der Waals surface area contributed by atoms with Gasteiger partial charge in [-0.2, -0.15) is 0 Å². The van der Waals surface area contributed by atoms with Crippen LogP contribution in [0.15, 0.2) is 53.6 Å². The van der Waals surface area contributed by atoms with Crippen molar-refractivity contribution in [3.8, 4) is 11.5 Å². The average Bonchev–Trinajstić information content (AvgIpc) is 3.39. The molecule has 1 aliphatic heterocycles. The van der Waals surface area contributed by atoms with Gasteiger partial charge in [-0.1, -0.05) is 117 Å². The van der Waals surface area contributed by atoms with E-state index in [4.69, 9.17) is 9.47 Å². The van der Waals surface area contributed by atoms with Crippen molar-refractivity contribution in [3.05, 3.63) is 64.7 Å². The summed E-state index contributed by atoms with van der Waals surface area (Å²) in [5.41, 5.74) is 4.17. The number of carbonyl (C=O) groups excluding carboxylic acids is 1. The maximum Gasteiger partial charge on any atom is 0.262 e. The molecule has 0 bridgehead atoms. The second kappa shape index (κ2) is 18.9. The molecule has 1 aliphatic rings. The van der Waals surface area contributed by atoms with Crippen LogP contribution < -0.4 is 14.8 Å². The van der Waals surface area contributed by atoms with Gasteiger partial charge in [0.05, 0.1) is 12.5 Å². The van der Waals surface area contributed by atoms with E-state index < -0.39 is 0 Å². The predicted octanol–water partition coefficient (Wildman–Crippen LogP) is 10.4. The standard InChI is InChI=1S/C37H56N2O3S/c1-6-7-8-9-10-11-12-13-14-15-16-19-24-41-35-23-22-32(25-33(35)37(3,4)5)42-27-36(40)38-34-21-18-17-20-31(34)26-39-29-43-28-30(39)2/h17-18,20-23,25,28H,6-16,19,24,26-27,29H2,1-5H3,(H,38,40). The normalized spacial score (nSPS) is 13.2. The van der Waals surface area contributed by atoms with Gasteiger partial charge in [-0.3, -0.25) is 4.79 Å². The molecule has 2 aromatic rings. The molecule has 1 heterocycles. The van der Waals surface area contributed by atoms with E-state index in [1.807, 2.05) is 36.4 Å². The van der Waals surface area contributed by atoms with E-state index in [0.29, 0.717) is 5.75 Å². The SMILES string of the molecule is CCCCCCCCCCCCCCOc1ccc(OCC(=O)Nc2ccccc2CN2CSC=C2C)cc1C(C)(C)C. The highest BCUT2D eigenvalue weighted by molar-refractivity contribution is 8.02. The van der Waals surface area contributed by atoms with Gasteiger partial charge in [-0.05, 0) is 54.0 Å². The number of hydrogen-bond acceptors (Lipinski definition) is 5. The predicted molar refractivity (Wildman–Crippen MR) is 184 cm³/mol. The Morgan fingerprint density at radius 3 is 2.16 bits per heavy atom. The van der Waals surface area contributed by atoms with Crippen molar-refractivity contribution in [1.29, 1.82) is 0 Å². The van der Waals surface area contributed by atoms with Gasteiger partial charge in [0.25, 0.3) is 5.91 Å². The number of amides is 1. The monoisotopic (exact) mass is 608 g/mol. The Balaban J connectivity index is 1.40. The van der Waals surface area contributed by atoms with E-state index in [1.54, 1.807) is 11.8 Å². The first-order valence-electron chi connectivity index (χ1n) is 16.6. The zero-order chi connectivity index (χ0) is 30.9. The molecule has 1 N–H and O–H groups in total. The van der Waals surface area contributed by atoms with E-state index >= 15 is 0 Å². The Kier molecular flexibility index (Phi) is 15.4. The smallest absolute Gasteiger partial charge is 0.262 e. The summed E-state index contributed by atoms with van der Waals surface area (Å²) < 4.78 is 12.2. The van der Waals surface area contributed by atoms with E-state index in [9.17, 15) is 4.79 Å². The number of thioether (sulfide) groups is 1. The summed E-state index contributed by atoms with van der Waals surface area (Å²) in [6.45, 7) is 12.4. The van der Waals surface area contributed by atoms with Crippen LogP contribution in [0.3, 0.4) is 0 Å². The summed E-state index contributed by atoms with van der Waals surface area (Å²) in [5.74, 6) is 2.36. The minimum atomic E-state index is -0.167. The van der Waals surface area contributed by atoms with Gasteiger partial charge >= 0.3 is 0 Å². The topological polar surface area (TPSA) is 50.8 Å². The molecular formula is C37H56N2O3S. The number of unbranched alkanes of at least 4 members (excludes halogenated alkanes) is 11. The lowest BCUT2D eigenvalue weighted by atomic mass is 9.86. The fourth-order valence-corrected chi connectivity index (χ4v) is 6.29. The maximum absolute atomic E-state index is 12.8. The van der Waals surface area contributed by atoms with E-state index in [-0.39, 0.29) is 17.9 Å². The quantitative estimate of drug-likeness (QED) is 0.152. The van der Waals surface area contributed by atoms with Crippen molar-refractivity contribution >= 4 is 23.4 Å². The molecular weight excluding hydrogens is 552 g/mol. The Morgan fingerprint density at radius 2 is 1.53 bits per heavy atom. The minimum absolute atomic E-state index is 0.0462. The lowest BCUT2D eigenvalue weighted by molar-refractivity contribution is -0.118. The first kappa shape index (κ1) is 34.9. The molecule has 0 aliphatic carbocycles. The third kappa shape index (κ3) is 12.9. The molecule has 0 atom stereocenters. The number of anilines is 1. The van der Waals surface area contributed by atoms with E-state index in [0.717, 1.165) is 48.0 Å². The van der Waals surface area contributed by atoms with Crippen LogP contribution in [0.4, 0.5) is 5.69 Å². The molecule has 2 aromatic carbocycles. The fourth-order valence-electron chi connectivity index (χ4n) is 5.35. The van der Waals surface area contributed by atoms with Gasteiger partial charge in [0, 0.05) is 23.5 Å². The summed E-state index contributed by atoms with van der Waals surface area (Å²) in [7, 11) is 0. The van der Waals surface area contributed by atoms with Crippen molar-refractivity contribution in [3.63, 3.8) is 0 Å². The third-order valence-electron chi connectivity index (χ3n) is 8.02. The second-order valence-electron chi connectivity index (χ2n) is 12.9. The number of nitrogens with one attached hydrogen (secondary N) is 1. The van der Waals surface area contributed by atoms with Gasteiger partial charge in [-0.15, -0.1) is 11.8 Å². The first-order valence-corrected chi connectivity index (χ1v) is 17.6. The first-order chi connectivity index (χ1) is 20.8. The van der Waals surface area contributed by atoms with Crippen molar-refractivity contribution in [2.45, 2.75) is 124 Å². The van der Waals surface area contributed by atoms with Crippen LogP contribution in [0.25, 0.3) is 0 Å². The Hall–Kier alpha value is -2.60. The Morgan fingerprint density at radius 1 is 0.884 bits per heavy atom. The maximum atomic E-state index is 12.8. The summed E-state index contributed by atoms with van der Waals surface area (Å²) in [5, 5.41) is 5.23. The molecule has 0 radical (unpaired) electrons. The molecule has 0 spiro atoms. The summed E-state index contributed by atoms with van der Waals surface area (Å²) in [6, 6.07) is 13.9. The van der Waals surface area contributed by atoms with E-state index in [2.05, 4.69) is 56.3 Å². The van der Waals surface area contributed by atoms with Crippen molar-refractivity contribution in [1.82, 2.24) is 4.90 Å². The van der Waals surface area contributed by atoms with Gasteiger partial charge in [0.2, 0.25) is 0 Å². The van der Waals surface area contributed by atoms with Crippen LogP contribution in [0.5, 0.6) is 11.5 Å². The largest absolute Gasteiger partial charge is 0.493 e. The lowest BCUT2D eigenvalue weighted by Gasteiger charge is -2.24. The van der Waals surface area contributed by atoms with Gasteiger partial charge in [-0.25, -0.2) is 0 Å². The lowest BCUT2D eigenvalue weighted by Crippen LogP contribution is -2.23. The number of allylic oxidation sites excluding steroid dienone is 1. The highest BCUT2D eigenvalue weighted by Gasteiger charge is 2.21. The second-order valence-corrected chi connectivity index (χ2v) is 13.7. The van der Waals surface area contributed by atoms with Crippen LogP contribution in [-0.4, -0.2) is 29.9 Å². The number of nitrogens with zero attached hydrogens (tertiary/aromatic N) is 1. The van der Waals surface area contributed by atoms with Gasteiger partial charge in [0.15, 0.2) is 6.61 Å². The van der Waals surface area contributed by atoms with Crippen LogP contribution in [0, 0.1) is 0 Å². The summed E-state index contributed by atoms with van der Waals surface area (Å²) in [6.07, 6.45) is 16.0. The third-order valence-corrected chi connectivity index (χ3v) is 8.99. The molecule has 6 heteroatoms. The molecule has 5 nitrogen and oxygen atoms in total. The van der Waals surface area contributed by atoms with Gasteiger partial charge < -0.3 is 19.7 Å². The number of ether oxygens (including phenoxy) is 2. The van der Waals surface area contributed by atoms with Crippen molar-refractivity contribution in [2.24, 2.45) is 0 Å². The molecule has 0 unspecified atom stereocenters. The zero-order valence-corrected chi connectivity index (χ0v) is 28.3. The molecule has 0 fully saturated rings. The van der Waals surface area contributed by atoms with E-state index in [1.165, 1.54) is 76.3 Å². The Labute approximate surface area is 266 Å². The van der Waals surface area contributed by atoms with Crippen LogP contribution in [0.2, 0.25) is 0 Å². The van der Waals surface area contributed by atoms with Crippen molar-refractivity contribution in [2.75, 3.05) is 24.4 Å². The van der Waals surface area contributed by atoms with Crippen molar-refractivity contribution < 1.29 is 14.3 Å². The number of hydrogen-bond donors (Lipinski definition) is 1. The number of para-hydroxylation sites is 1. The van der Waals surface area contributed by atoms with Gasteiger partial charge in [0.1, 0.15) is 11.5 Å².